The second-order valence-electron chi connectivity index (χ2n) is 2.06. The van der Waals surface area contributed by atoms with E-state index in [4.69, 9.17) is 9.07 Å². The maximum Gasteiger partial charge on any atom is 0.538 e. The van der Waals surface area contributed by atoms with Crippen LogP contribution in [-0.2, 0) is 0 Å². The van der Waals surface area contributed by atoms with Gasteiger partial charge in [0.2, 0.25) is 0 Å². The molecular formula is C7H8Cl2Mg. The molecule has 3 heteroatoms. The predicted octanol–water partition coefficient (Wildman–Crippen LogP) is 1.90. The Hall–Kier alpha value is 0.566. The van der Waals surface area contributed by atoms with Crippen LogP contribution in [-0.4, -0.2) is 19.3 Å². The van der Waals surface area contributed by atoms with Gasteiger partial charge in [-0.2, -0.15) is 0 Å². The number of hydrogen-bond donors (Lipinski definition) is 0. The summed E-state index contributed by atoms with van der Waals surface area (Å²) in [6.07, 6.45) is 0. The van der Waals surface area contributed by atoms with Crippen molar-refractivity contribution < 1.29 is 0 Å². The van der Waals surface area contributed by atoms with Gasteiger partial charge in [-0.25, -0.2) is 0 Å². The average Bonchev–Trinajstić information content (AvgIpc) is 1.89. The molecule has 0 aliphatic rings. The molecule has 0 heterocycles. The Morgan fingerprint density at radius 1 is 1.30 bits per heavy atom. The first-order chi connectivity index (χ1) is 4.34. The maximum atomic E-state index is 5.77. The van der Waals surface area contributed by atoms with E-state index in [9.17, 15) is 0 Å². The van der Waals surface area contributed by atoms with E-state index in [1.807, 2.05) is 12.1 Å². The largest absolute Gasteiger partial charge is 0.538 e. The van der Waals surface area contributed by atoms with Gasteiger partial charge in [0, 0.05) is 0 Å². The van der Waals surface area contributed by atoms with Gasteiger partial charge in [0.1, 0.15) is 0 Å². The Labute approximate surface area is 80.9 Å². The molecule has 1 rings (SSSR count). The first-order valence-electron chi connectivity index (χ1n) is 2.95. The Morgan fingerprint density at radius 2 is 1.90 bits per heavy atom. The molecule has 0 spiro atoms. The van der Waals surface area contributed by atoms with E-state index in [0.29, 0.717) is 0 Å². The summed E-state index contributed by atoms with van der Waals surface area (Å²) in [5.41, 5.74) is 1.33. The molecule has 0 bridgehead atoms. The number of halogens is 2. The van der Waals surface area contributed by atoms with Gasteiger partial charge in [0.15, 0.2) is 0 Å². The summed E-state index contributed by atoms with van der Waals surface area (Å²) in [6.45, 7) is 2.10. The molecule has 1 aromatic carbocycles. The van der Waals surface area contributed by atoms with Crippen LogP contribution in [0.4, 0.5) is 0 Å². The van der Waals surface area contributed by atoms with Crippen LogP contribution in [0.1, 0.15) is 5.56 Å². The van der Waals surface area contributed by atoms with E-state index in [1.165, 1.54) is 9.26 Å². The highest BCUT2D eigenvalue weighted by atomic mass is 35.5. The third-order valence-electron chi connectivity index (χ3n) is 1.41. The number of benzene rings is 1. The molecule has 0 aliphatic heterocycles. The topological polar surface area (TPSA) is 0 Å². The summed E-state index contributed by atoms with van der Waals surface area (Å²) in [5, 5.41) is 0. The first-order valence-corrected chi connectivity index (χ1v) is 5.79. The van der Waals surface area contributed by atoms with Crippen LogP contribution in [0.5, 0.6) is 0 Å². The van der Waals surface area contributed by atoms with Crippen molar-refractivity contribution in [3.63, 3.8) is 0 Å². The molecule has 0 atom stereocenters. The molecule has 0 radical (unpaired) electrons. The minimum atomic E-state index is -0.465. The fraction of sp³-hybridized carbons (Fsp3) is 0.143. The minimum absolute atomic E-state index is 0. The van der Waals surface area contributed by atoms with Gasteiger partial charge >= 0.3 is 19.3 Å². The molecular weight excluding hydrogens is 179 g/mol. The maximum absolute atomic E-state index is 5.77. The van der Waals surface area contributed by atoms with Gasteiger partial charge in [-0.3, -0.25) is 0 Å². The van der Waals surface area contributed by atoms with Crippen molar-refractivity contribution in [2.75, 3.05) is 0 Å². The minimum Gasteiger partial charge on any atom is -0.336 e. The summed E-state index contributed by atoms with van der Waals surface area (Å²) in [4.78, 5) is 0. The van der Waals surface area contributed by atoms with Crippen LogP contribution < -0.4 is 3.69 Å². The lowest BCUT2D eigenvalue weighted by Gasteiger charge is -1.97. The molecule has 0 N–H and O–H groups in total. The van der Waals surface area contributed by atoms with Crippen LogP contribution >= 0.6 is 21.5 Å². The molecule has 0 fully saturated rings. The van der Waals surface area contributed by atoms with E-state index in [0.717, 1.165) is 0 Å². The zero-order valence-electron chi connectivity index (χ0n) is 5.80. The van der Waals surface area contributed by atoms with Crippen LogP contribution in [0.2, 0.25) is 0 Å². The van der Waals surface area contributed by atoms with Crippen LogP contribution in [0.25, 0.3) is 0 Å². The number of rotatable bonds is 1. The second-order valence-corrected chi connectivity index (χ2v) is 3.89. The normalized spacial score (nSPS) is 7.80. The average molecular weight is 187 g/mol. The molecule has 1 aromatic rings. The monoisotopic (exact) mass is 186 g/mol. The van der Waals surface area contributed by atoms with Crippen molar-refractivity contribution in [1.29, 1.82) is 0 Å². The second kappa shape index (κ2) is 5.25. The highest BCUT2D eigenvalue weighted by molar-refractivity contribution is 7.01. The van der Waals surface area contributed by atoms with Crippen LogP contribution in [0.15, 0.2) is 24.3 Å². The smallest absolute Gasteiger partial charge is 0.336 e. The third-order valence-corrected chi connectivity index (χ3v) is 3.35. The number of aryl methyl sites for hydroxylation is 1. The third kappa shape index (κ3) is 2.66. The SMILES string of the molecule is Cc1cccc[c]1[Mg][Cl].Cl. The molecule has 0 unspecified atom stereocenters. The van der Waals surface area contributed by atoms with Gasteiger partial charge in [0.25, 0.3) is 0 Å². The van der Waals surface area contributed by atoms with Crippen molar-refractivity contribution in [1.82, 2.24) is 0 Å². The standard InChI is InChI=1S/C7H7.2ClH.Mg/c1-7-5-3-2-4-6-7;;;/h2-5H,1H3;2*1H;/q;;;+1/p-1. The lowest BCUT2D eigenvalue weighted by atomic mass is 10.2. The predicted molar refractivity (Wildman–Crippen MR) is 49.7 cm³/mol. The summed E-state index contributed by atoms with van der Waals surface area (Å²) in [7, 11) is 5.77. The molecule has 0 saturated carbocycles. The highest BCUT2D eigenvalue weighted by Crippen LogP contribution is 1.91. The summed E-state index contributed by atoms with van der Waals surface area (Å²) in [5.74, 6) is 0. The lowest BCUT2D eigenvalue weighted by molar-refractivity contribution is 1.52. The Balaban J connectivity index is 0.000000810. The lowest BCUT2D eigenvalue weighted by Crippen LogP contribution is -2.11. The summed E-state index contributed by atoms with van der Waals surface area (Å²) in [6, 6.07) is 8.29. The Kier molecular flexibility index (Phi) is 5.54. The van der Waals surface area contributed by atoms with Crippen molar-refractivity contribution in [3.8, 4) is 0 Å². The van der Waals surface area contributed by atoms with Crippen molar-refractivity contribution in [3.05, 3.63) is 29.8 Å². The fourth-order valence-corrected chi connectivity index (χ4v) is 2.21. The van der Waals surface area contributed by atoms with Crippen molar-refractivity contribution in [2.24, 2.45) is 0 Å². The van der Waals surface area contributed by atoms with E-state index in [1.54, 1.807) is 0 Å². The summed E-state index contributed by atoms with van der Waals surface area (Å²) >= 11 is -0.465. The molecule has 52 valence electrons. The van der Waals surface area contributed by atoms with Gasteiger partial charge < -0.3 is 9.07 Å². The van der Waals surface area contributed by atoms with Gasteiger partial charge in [0.05, 0.1) is 0 Å². The van der Waals surface area contributed by atoms with Crippen LogP contribution in [0.3, 0.4) is 0 Å². The Morgan fingerprint density at radius 3 is 2.30 bits per heavy atom. The van der Waals surface area contributed by atoms with E-state index < -0.39 is 19.3 Å². The highest BCUT2D eigenvalue weighted by Gasteiger charge is 1.96. The van der Waals surface area contributed by atoms with Crippen molar-refractivity contribution in [2.45, 2.75) is 6.92 Å². The quantitative estimate of drug-likeness (QED) is 0.589. The van der Waals surface area contributed by atoms with E-state index in [-0.39, 0.29) is 12.4 Å². The Bertz CT molecular complexity index is 201. The van der Waals surface area contributed by atoms with Gasteiger partial charge in [-0.1, -0.05) is 29.8 Å². The molecule has 0 aliphatic carbocycles. The molecule has 0 nitrogen and oxygen atoms in total. The zero-order valence-corrected chi connectivity index (χ0v) is 8.79. The van der Waals surface area contributed by atoms with Crippen molar-refractivity contribution >= 4 is 44.4 Å². The van der Waals surface area contributed by atoms with Gasteiger partial charge in [-0.05, 0) is 6.92 Å². The fourth-order valence-electron chi connectivity index (χ4n) is 0.760. The molecule has 0 saturated heterocycles. The molecule has 10 heavy (non-hydrogen) atoms. The molecule has 0 amide bonds. The summed E-state index contributed by atoms with van der Waals surface area (Å²) < 4.78 is 1.36. The zero-order chi connectivity index (χ0) is 6.69. The number of hydrogen-bond acceptors (Lipinski definition) is 0. The van der Waals surface area contributed by atoms with E-state index >= 15 is 0 Å². The molecule has 0 aromatic heterocycles. The first kappa shape index (κ1) is 10.6. The van der Waals surface area contributed by atoms with E-state index in [2.05, 4.69) is 19.1 Å². The van der Waals surface area contributed by atoms with Crippen LogP contribution in [0, 0.1) is 6.92 Å². The van der Waals surface area contributed by atoms with Gasteiger partial charge in [-0.15, -0.1) is 16.1 Å².